The van der Waals surface area contributed by atoms with E-state index in [1.165, 1.54) is 24.3 Å². The second-order valence-corrected chi connectivity index (χ2v) is 2.84. The maximum atomic E-state index is 12.5. The number of hydrogen-bond acceptors (Lipinski definition) is 3. The van der Waals surface area contributed by atoms with E-state index in [1.807, 2.05) is 0 Å². The SMILES string of the molecule is Cl.N[C@@H](CO)[C@H](O)c1ccc(F)cc1. The zero-order valence-corrected chi connectivity index (χ0v) is 8.25. The summed E-state index contributed by atoms with van der Waals surface area (Å²) < 4.78 is 12.5. The number of aliphatic hydroxyl groups excluding tert-OH is 2. The lowest BCUT2D eigenvalue weighted by Crippen LogP contribution is -2.31. The summed E-state index contributed by atoms with van der Waals surface area (Å²) in [6.07, 6.45) is -0.953. The fraction of sp³-hybridized carbons (Fsp3) is 0.333. The molecule has 5 heteroatoms. The predicted octanol–water partition coefficient (Wildman–Crippen LogP) is 0.601. The van der Waals surface area contributed by atoms with Crippen LogP contribution in [0.25, 0.3) is 0 Å². The van der Waals surface area contributed by atoms with Crippen LogP contribution in [0.2, 0.25) is 0 Å². The summed E-state index contributed by atoms with van der Waals surface area (Å²) >= 11 is 0. The lowest BCUT2D eigenvalue weighted by Gasteiger charge is -2.16. The van der Waals surface area contributed by atoms with E-state index in [0.29, 0.717) is 5.56 Å². The maximum Gasteiger partial charge on any atom is 0.123 e. The summed E-state index contributed by atoms with van der Waals surface area (Å²) in [5, 5.41) is 18.1. The van der Waals surface area contributed by atoms with Gasteiger partial charge in [0.1, 0.15) is 5.82 Å². The van der Waals surface area contributed by atoms with Crippen molar-refractivity contribution in [2.24, 2.45) is 5.73 Å². The van der Waals surface area contributed by atoms with Gasteiger partial charge in [-0.3, -0.25) is 0 Å². The number of hydrogen-bond donors (Lipinski definition) is 3. The molecule has 0 aliphatic carbocycles. The Labute approximate surface area is 87.8 Å². The molecule has 0 heterocycles. The Hall–Kier alpha value is -0.680. The molecule has 1 rings (SSSR count). The zero-order valence-electron chi connectivity index (χ0n) is 7.43. The molecule has 0 spiro atoms. The number of halogens is 2. The Morgan fingerprint density at radius 3 is 2.21 bits per heavy atom. The van der Waals surface area contributed by atoms with Crippen LogP contribution in [0.4, 0.5) is 4.39 Å². The molecule has 4 N–H and O–H groups in total. The van der Waals surface area contributed by atoms with E-state index in [-0.39, 0.29) is 24.8 Å². The quantitative estimate of drug-likeness (QED) is 0.700. The Balaban J connectivity index is 0.00000169. The van der Waals surface area contributed by atoms with E-state index in [9.17, 15) is 9.50 Å². The van der Waals surface area contributed by atoms with Crippen molar-refractivity contribution in [1.82, 2.24) is 0 Å². The second-order valence-electron chi connectivity index (χ2n) is 2.84. The summed E-state index contributed by atoms with van der Waals surface area (Å²) in [7, 11) is 0. The van der Waals surface area contributed by atoms with Crippen LogP contribution in [0.1, 0.15) is 11.7 Å². The molecule has 14 heavy (non-hydrogen) atoms. The highest BCUT2D eigenvalue weighted by molar-refractivity contribution is 5.85. The highest BCUT2D eigenvalue weighted by atomic mass is 35.5. The number of rotatable bonds is 3. The van der Waals surface area contributed by atoms with Gasteiger partial charge in [0.25, 0.3) is 0 Å². The Bertz CT molecular complexity index is 268. The van der Waals surface area contributed by atoms with Crippen molar-refractivity contribution in [3.05, 3.63) is 35.6 Å². The van der Waals surface area contributed by atoms with Crippen LogP contribution < -0.4 is 5.73 Å². The van der Waals surface area contributed by atoms with Crippen LogP contribution in [-0.4, -0.2) is 22.9 Å². The first-order valence-corrected chi connectivity index (χ1v) is 3.95. The van der Waals surface area contributed by atoms with Gasteiger partial charge in [-0.1, -0.05) is 12.1 Å². The van der Waals surface area contributed by atoms with Gasteiger partial charge in [0, 0.05) is 0 Å². The third kappa shape index (κ3) is 3.23. The van der Waals surface area contributed by atoms with E-state index in [0.717, 1.165) is 0 Å². The van der Waals surface area contributed by atoms with Gasteiger partial charge in [0.2, 0.25) is 0 Å². The maximum absolute atomic E-state index is 12.5. The highest BCUT2D eigenvalue weighted by Gasteiger charge is 2.15. The third-order valence-corrected chi connectivity index (χ3v) is 1.83. The molecule has 80 valence electrons. The fourth-order valence-electron chi connectivity index (χ4n) is 1.01. The Kier molecular flexibility index (Phi) is 5.64. The lowest BCUT2D eigenvalue weighted by atomic mass is 10.0. The van der Waals surface area contributed by atoms with E-state index in [1.54, 1.807) is 0 Å². The van der Waals surface area contributed by atoms with E-state index < -0.39 is 12.1 Å². The fourth-order valence-corrected chi connectivity index (χ4v) is 1.01. The Morgan fingerprint density at radius 1 is 1.29 bits per heavy atom. The lowest BCUT2D eigenvalue weighted by molar-refractivity contribution is 0.109. The highest BCUT2D eigenvalue weighted by Crippen LogP contribution is 2.15. The van der Waals surface area contributed by atoms with Crippen molar-refractivity contribution in [3.8, 4) is 0 Å². The molecular weight excluding hydrogens is 209 g/mol. The smallest absolute Gasteiger partial charge is 0.123 e. The number of benzene rings is 1. The minimum atomic E-state index is -0.953. The van der Waals surface area contributed by atoms with Gasteiger partial charge in [-0.2, -0.15) is 0 Å². The summed E-state index contributed by atoms with van der Waals surface area (Å²) in [4.78, 5) is 0. The molecule has 0 bridgehead atoms. The molecule has 0 radical (unpaired) electrons. The van der Waals surface area contributed by atoms with Crippen molar-refractivity contribution >= 4 is 12.4 Å². The van der Waals surface area contributed by atoms with Gasteiger partial charge >= 0.3 is 0 Å². The van der Waals surface area contributed by atoms with E-state index in [4.69, 9.17) is 10.8 Å². The van der Waals surface area contributed by atoms with Crippen LogP contribution in [0.3, 0.4) is 0 Å². The zero-order chi connectivity index (χ0) is 9.84. The molecule has 0 saturated carbocycles. The second kappa shape index (κ2) is 5.93. The molecule has 0 fully saturated rings. The van der Waals surface area contributed by atoms with Gasteiger partial charge in [0.15, 0.2) is 0 Å². The molecular formula is C9H13ClFNO2. The molecule has 0 aliphatic rings. The van der Waals surface area contributed by atoms with Gasteiger partial charge in [-0.15, -0.1) is 12.4 Å². The van der Waals surface area contributed by atoms with Crippen molar-refractivity contribution in [2.75, 3.05) is 6.61 Å². The average Bonchev–Trinajstić information content (AvgIpc) is 2.17. The minimum absolute atomic E-state index is 0. The first kappa shape index (κ1) is 13.3. The average molecular weight is 222 g/mol. The largest absolute Gasteiger partial charge is 0.395 e. The molecule has 0 amide bonds. The molecule has 2 atom stereocenters. The molecule has 0 unspecified atom stereocenters. The van der Waals surface area contributed by atoms with Crippen molar-refractivity contribution in [2.45, 2.75) is 12.1 Å². The van der Waals surface area contributed by atoms with Crippen molar-refractivity contribution in [1.29, 1.82) is 0 Å². The summed E-state index contributed by atoms with van der Waals surface area (Å²) in [6, 6.07) is 4.63. The topological polar surface area (TPSA) is 66.5 Å². The van der Waals surface area contributed by atoms with Crippen LogP contribution in [0, 0.1) is 5.82 Å². The first-order valence-electron chi connectivity index (χ1n) is 3.95. The molecule has 1 aromatic rings. The summed E-state index contributed by atoms with van der Waals surface area (Å²) in [5.41, 5.74) is 5.90. The van der Waals surface area contributed by atoms with Crippen LogP contribution in [0.15, 0.2) is 24.3 Å². The van der Waals surface area contributed by atoms with Crippen molar-refractivity contribution < 1.29 is 14.6 Å². The van der Waals surface area contributed by atoms with Gasteiger partial charge < -0.3 is 15.9 Å². The molecule has 1 aromatic carbocycles. The standard InChI is InChI=1S/C9H12FNO2.ClH/c10-7-3-1-6(2-4-7)9(13)8(11)5-12;/h1-4,8-9,12-13H,5,11H2;1H/t8-,9+;/m0./s1. The van der Waals surface area contributed by atoms with Crippen LogP contribution in [-0.2, 0) is 0 Å². The van der Waals surface area contributed by atoms with E-state index in [2.05, 4.69) is 0 Å². The predicted molar refractivity (Wildman–Crippen MR) is 53.7 cm³/mol. The molecule has 0 aromatic heterocycles. The molecule has 3 nitrogen and oxygen atoms in total. The molecule has 0 aliphatic heterocycles. The third-order valence-electron chi connectivity index (χ3n) is 1.83. The normalized spacial score (nSPS) is 14.3. The monoisotopic (exact) mass is 221 g/mol. The van der Waals surface area contributed by atoms with Crippen molar-refractivity contribution in [3.63, 3.8) is 0 Å². The number of nitrogens with two attached hydrogens (primary N) is 1. The van der Waals surface area contributed by atoms with Gasteiger partial charge in [0.05, 0.1) is 18.8 Å². The van der Waals surface area contributed by atoms with Crippen LogP contribution >= 0.6 is 12.4 Å². The minimum Gasteiger partial charge on any atom is -0.395 e. The molecule has 0 saturated heterocycles. The van der Waals surface area contributed by atoms with Gasteiger partial charge in [-0.05, 0) is 17.7 Å². The van der Waals surface area contributed by atoms with Gasteiger partial charge in [-0.25, -0.2) is 4.39 Å². The van der Waals surface area contributed by atoms with E-state index >= 15 is 0 Å². The summed E-state index contributed by atoms with van der Waals surface area (Å²) in [5.74, 6) is -0.367. The first-order chi connectivity index (χ1) is 6.15. The number of aliphatic hydroxyl groups is 2. The summed E-state index contributed by atoms with van der Waals surface area (Å²) in [6.45, 7) is -0.307. The Morgan fingerprint density at radius 2 is 1.79 bits per heavy atom. The van der Waals surface area contributed by atoms with Crippen LogP contribution in [0.5, 0.6) is 0 Å².